The normalized spacial score (nSPS) is 17.2. The molecule has 0 aromatic heterocycles. The fourth-order valence-corrected chi connectivity index (χ4v) is 2.73. The summed E-state index contributed by atoms with van der Waals surface area (Å²) < 4.78 is 5.31. The van der Waals surface area contributed by atoms with E-state index in [1.165, 1.54) is 24.0 Å². The van der Waals surface area contributed by atoms with E-state index in [0.717, 1.165) is 24.3 Å². The lowest BCUT2D eigenvalue weighted by Gasteiger charge is -2.26. The molecule has 0 bridgehead atoms. The summed E-state index contributed by atoms with van der Waals surface area (Å²) in [5, 5.41) is 3.23. The lowest BCUT2D eigenvalue weighted by Crippen LogP contribution is -2.35. The highest BCUT2D eigenvalue weighted by Gasteiger charge is 2.20. The molecule has 4 nitrogen and oxygen atoms in total. The third-order valence-electron chi connectivity index (χ3n) is 3.84. The molecule has 1 atom stereocenters. The summed E-state index contributed by atoms with van der Waals surface area (Å²) in [6, 6.07) is 6.37. The molecule has 0 fully saturated rings. The Morgan fingerprint density at radius 2 is 2.27 bits per heavy atom. The van der Waals surface area contributed by atoms with Gasteiger partial charge in [-0.3, -0.25) is 0 Å². The van der Waals surface area contributed by atoms with Crippen LogP contribution < -0.4 is 15.8 Å². The van der Waals surface area contributed by atoms with Crippen molar-refractivity contribution in [3.05, 3.63) is 41.5 Å². The molecule has 0 aliphatic heterocycles. The number of hydrogen-bond donors (Lipinski definition) is 2. The van der Waals surface area contributed by atoms with E-state index < -0.39 is 0 Å². The molecule has 0 heterocycles. The topological polar surface area (TPSA) is 59.6 Å². The zero-order valence-corrected chi connectivity index (χ0v) is 15.7. The van der Waals surface area contributed by atoms with Crippen LogP contribution in [0.5, 0.6) is 5.75 Å². The molecule has 2 rings (SSSR count). The van der Waals surface area contributed by atoms with Crippen molar-refractivity contribution >= 4 is 29.9 Å². The predicted octanol–water partition coefficient (Wildman–Crippen LogP) is 3.21. The molecule has 0 saturated carbocycles. The average molecular weight is 415 g/mol. The molecule has 22 heavy (non-hydrogen) atoms. The number of benzene rings is 1. The van der Waals surface area contributed by atoms with E-state index in [0.29, 0.717) is 18.4 Å². The quantitative estimate of drug-likeness (QED) is 0.336. The largest absolute Gasteiger partial charge is 0.497 e. The molecule has 1 aliphatic rings. The predicted molar refractivity (Wildman–Crippen MR) is 103 cm³/mol. The summed E-state index contributed by atoms with van der Waals surface area (Å²) >= 11 is 0. The number of rotatable bonds is 5. The Morgan fingerprint density at radius 3 is 2.95 bits per heavy atom. The van der Waals surface area contributed by atoms with Gasteiger partial charge in [-0.05, 0) is 49.4 Å². The van der Waals surface area contributed by atoms with Gasteiger partial charge in [-0.1, -0.05) is 18.2 Å². The molecule has 0 amide bonds. The summed E-state index contributed by atoms with van der Waals surface area (Å²) in [5.74, 6) is 1.92. The Morgan fingerprint density at radius 1 is 1.50 bits per heavy atom. The first-order chi connectivity index (χ1) is 10.1. The molecule has 1 unspecified atom stereocenters. The van der Waals surface area contributed by atoms with Gasteiger partial charge < -0.3 is 15.8 Å². The van der Waals surface area contributed by atoms with Crippen LogP contribution >= 0.6 is 24.0 Å². The van der Waals surface area contributed by atoms with Crippen LogP contribution in [0.2, 0.25) is 0 Å². The number of nitrogens with zero attached hydrogens (tertiary/aromatic N) is 1. The number of fused-ring (bicyclic) bond motifs is 1. The Bertz CT molecular complexity index is 543. The van der Waals surface area contributed by atoms with Crippen LogP contribution in [-0.2, 0) is 6.42 Å². The summed E-state index contributed by atoms with van der Waals surface area (Å²) in [6.07, 6.45) is 3.51. The number of methoxy groups -OCH3 is 1. The van der Waals surface area contributed by atoms with E-state index in [-0.39, 0.29) is 24.0 Å². The minimum Gasteiger partial charge on any atom is -0.497 e. The van der Waals surface area contributed by atoms with Crippen molar-refractivity contribution < 1.29 is 4.74 Å². The van der Waals surface area contributed by atoms with Gasteiger partial charge in [-0.25, -0.2) is 4.99 Å². The smallest absolute Gasteiger partial charge is 0.188 e. The molecule has 0 spiro atoms. The first-order valence-corrected chi connectivity index (χ1v) is 7.45. The van der Waals surface area contributed by atoms with Gasteiger partial charge in [0, 0.05) is 12.5 Å². The van der Waals surface area contributed by atoms with Gasteiger partial charge in [0.2, 0.25) is 0 Å². The molecule has 3 N–H and O–H groups in total. The highest BCUT2D eigenvalue weighted by molar-refractivity contribution is 14.0. The van der Waals surface area contributed by atoms with Gasteiger partial charge in [0.1, 0.15) is 5.75 Å². The standard InChI is InChI=1S/C17H25N3O.HI/c1-12(2)10-19-17(18)20-11-14-6-4-5-13-9-15(21-3)7-8-16(13)14;/h7-9,14H,1,4-6,10-11H2,2-3H3,(H3,18,19,20);1H. The number of aliphatic imine (C=N–C) groups is 1. The summed E-state index contributed by atoms with van der Waals surface area (Å²) in [5.41, 5.74) is 9.69. The molecule has 0 radical (unpaired) electrons. The first-order valence-electron chi connectivity index (χ1n) is 7.45. The van der Waals surface area contributed by atoms with Gasteiger partial charge in [0.25, 0.3) is 0 Å². The molecule has 1 aromatic carbocycles. The van der Waals surface area contributed by atoms with Crippen molar-refractivity contribution in [2.45, 2.75) is 32.1 Å². The third kappa shape index (κ3) is 5.19. The lowest BCUT2D eigenvalue weighted by atomic mass is 9.82. The van der Waals surface area contributed by atoms with Crippen molar-refractivity contribution in [1.82, 2.24) is 5.32 Å². The minimum atomic E-state index is 0. The molecule has 1 aromatic rings. The van der Waals surface area contributed by atoms with Gasteiger partial charge in [0.05, 0.1) is 13.7 Å². The minimum absolute atomic E-state index is 0. The number of nitrogens with one attached hydrogen (secondary N) is 1. The van der Waals surface area contributed by atoms with Gasteiger partial charge in [0.15, 0.2) is 5.96 Å². The molecular formula is C17H26IN3O. The van der Waals surface area contributed by atoms with Gasteiger partial charge in [-0.15, -0.1) is 24.0 Å². The Balaban J connectivity index is 0.00000242. The van der Waals surface area contributed by atoms with Crippen molar-refractivity contribution in [1.29, 1.82) is 0 Å². The summed E-state index contributed by atoms with van der Waals surface area (Å²) in [4.78, 5) is 4.26. The maximum atomic E-state index is 5.88. The summed E-state index contributed by atoms with van der Waals surface area (Å²) in [7, 11) is 1.71. The highest BCUT2D eigenvalue weighted by Crippen LogP contribution is 2.33. The van der Waals surface area contributed by atoms with E-state index in [1.54, 1.807) is 7.11 Å². The van der Waals surface area contributed by atoms with Crippen molar-refractivity contribution in [3.63, 3.8) is 0 Å². The van der Waals surface area contributed by atoms with Crippen molar-refractivity contribution in [2.75, 3.05) is 20.2 Å². The SMILES string of the molecule is C=C(C)CN=C(N)NCC1CCCc2cc(OC)ccc21.I. The number of nitrogens with two attached hydrogens (primary N) is 1. The van der Waals surface area contributed by atoms with Gasteiger partial charge in [-0.2, -0.15) is 0 Å². The first kappa shape index (κ1) is 18.8. The van der Waals surface area contributed by atoms with Gasteiger partial charge >= 0.3 is 0 Å². The van der Waals surface area contributed by atoms with Crippen LogP contribution in [0.1, 0.15) is 36.8 Å². The number of guanidine groups is 1. The third-order valence-corrected chi connectivity index (χ3v) is 3.84. The second-order valence-corrected chi connectivity index (χ2v) is 5.69. The number of aryl methyl sites for hydroxylation is 1. The number of halogens is 1. The number of ether oxygens (including phenoxy) is 1. The molecule has 1 aliphatic carbocycles. The van der Waals surface area contributed by atoms with Crippen LogP contribution in [0.25, 0.3) is 0 Å². The second kappa shape index (κ2) is 9.02. The molecule has 122 valence electrons. The Kier molecular flexibility index (Phi) is 7.72. The highest BCUT2D eigenvalue weighted by atomic mass is 127. The fourth-order valence-electron chi connectivity index (χ4n) is 2.73. The van der Waals surface area contributed by atoms with Crippen molar-refractivity contribution in [2.24, 2.45) is 10.7 Å². The van der Waals surface area contributed by atoms with Crippen LogP contribution in [0.3, 0.4) is 0 Å². The lowest BCUT2D eigenvalue weighted by molar-refractivity contribution is 0.412. The zero-order chi connectivity index (χ0) is 15.2. The van der Waals surface area contributed by atoms with Crippen molar-refractivity contribution in [3.8, 4) is 5.75 Å². The average Bonchev–Trinajstić information content (AvgIpc) is 2.50. The molecule has 0 saturated heterocycles. The zero-order valence-electron chi connectivity index (χ0n) is 13.4. The van der Waals surface area contributed by atoms with E-state index in [2.05, 4.69) is 29.0 Å². The van der Waals surface area contributed by atoms with E-state index in [4.69, 9.17) is 10.5 Å². The number of hydrogen-bond acceptors (Lipinski definition) is 2. The van der Waals surface area contributed by atoms with Crippen LogP contribution in [0, 0.1) is 0 Å². The van der Waals surface area contributed by atoms with Crippen LogP contribution in [-0.4, -0.2) is 26.2 Å². The summed E-state index contributed by atoms with van der Waals surface area (Å²) in [6.45, 7) is 7.17. The maximum Gasteiger partial charge on any atom is 0.188 e. The Labute approximate surface area is 150 Å². The van der Waals surface area contributed by atoms with E-state index in [9.17, 15) is 0 Å². The van der Waals surface area contributed by atoms with E-state index >= 15 is 0 Å². The second-order valence-electron chi connectivity index (χ2n) is 5.69. The Hall–Kier alpha value is -1.24. The molecular weight excluding hydrogens is 389 g/mol. The monoisotopic (exact) mass is 415 g/mol. The fraction of sp³-hybridized carbons (Fsp3) is 0.471. The van der Waals surface area contributed by atoms with E-state index in [1.807, 2.05) is 13.0 Å². The van der Waals surface area contributed by atoms with Crippen LogP contribution in [0.4, 0.5) is 0 Å². The molecule has 5 heteroatoms. The van der Waals surface area contributed by atoms with Crippen LogP contribution in [0.15, 0.2) is 35.3 Å². The maximum absolute atomic E-state index is 5.88.